The predicted molar refractivity (Wildman–Crippen MR) is 83.4 cm³/mol. The number of nitrogens with two attached hydrogens (primary N) is 1. The van der Waals surface area contributed by atoms with Gasteiger partial charge in [0.2, 0.25) is 0 Å². The van der Waals surface area contributed by atoms with Crippen molar-refractivity contribution in [1.29, 1.82) is 0 Å². The van der Waals surface area contributed by atoms with Gasteiger partial charge in [-0.05, 0) is 19.1 Å². The lowest BCUT2D eigenvalue weighted by molar-refractivity contribution is 0.532. The van der Waals surface area contributed by atoms with Crippen LogP contribution in [0.4, 0.5) is 10.2 Å². The first-order valence-electron chi connectivity index (χ1n) is 6.20. The van der Waals surface area contributed by atoms with E-state index in [0.29, 0.717) is 11.4 Å². The van der Waals surface area contributed by atoms with Crippen LogP contribution in [0.5, 0.6) is 0 Å². The molecule has 106 valence electrons. The summed E-state index contributed by atoms with van der Waals surface area (Å²) in [5, 5.41) is 0. The number of hydrogen-bond donors (Lipinski definition) is 1. The SMILES string of the molecule is C=C(\C=C/C=C(C)/C=C/c1cc(F)cnc1N)N(C)C. The number of nitrogens with zero attached hydrogens (tertiary/aromatic N) is 2. The summed E-state index contributed by atoms with van der Waals surface area (Å²) in [5.41, 5.74) is 8.16. The van der Waals surface area contributed by atoms with Gasteiger partial charge in [0, 0.05) is 25.4 Å². The zero-order chi connectivity index (χ0) is 15.1. The number of anilines is 1. The maximum absolute atomic E-state index is 13.0. The first kappa shape index (κ1) is 15.7. The molecule has 0 aliphatic rings. The minimum absolute atomic E-state index is 0.312. The van der Waals surface area contributed by atoms with E-state index in [1.165, 1.54) is 6.07 Å². The Labute approximate surface area is 119 Å². The first-order chi connectivity index (χ1) is 9.40. The molecule has 1 aromatic heterocycles. The molecule has 0 amide bonds. The van der Waals surface area contributed by atoms with Gasteiger partial charge in [-0.15, -0.1) is 0 Å². The molecular formula is C16H20FN3. The number of aromatic nitrogens is 1. The van der Waals surface area contributed by atoms with Crippen LogP contribution in [0.3, 0.4) is 0 Å². The molecule has 0 spiro atoms. The number of hydrogen-bond acceptors (Lipinski definition) is 3. The summed E-state index contributed by atoms with van der Waals surface area (Å²) in [6.45, 7) is 5.84. The van der Waals surface area contributed by atoms with Crippen molar-refractivity contribution >= 4 is 11.9 Å². The normalized spacial score (nSPS) is 12.3. The fourth-order valence-electron chi connectivity index (χ4n) is 1.34. The van der Waals surface area contributed by atoms with E-state index in [1.807, 2.05) is 50.2 Å². The summed E-state index contributed by atoms with van der Waals surface area (Å²) < 4.78 is 13.0. The Morgan fingerprint density at radius 1 is 1.40 bits per heavy atom. The third kappa shape index (κ3) is 5.10. The lowest BCUT2D eigenvalue weighted by Crippen LogP contribution is -2.07. The Balaban J connectivity index is 2.74. The molecule has 0 bridgehead atoms. The van der Waals surface area contributed by atoms with Crippen LogP contribution in [-0.2, 0) is 0 Å². The summed E-state index contributed by atoms with van der Waals surface area (Å²) in [5.74, 6) is -0.0883. The van der Waals surface area contributed by atoms with Gasteiger partial charge in [-0.3, -0.25) is 0 Å². The van der Waals surface area contributed by atoms with Gasteiger partial charge in [-0.1, -0.05) is 36.5 Å². The first-order valence-corrected chi connectivity index (χ1v) is 6.20. The summed E-state index contributed by atoms with van der Waals surface area (Å²) in [6.07, 6.45) is 10.5. The monoisotopic (exact) mass is 273 g/mol. The molecule has 0 unspecified atom stereocenters. The number of pyridine rings is 1. The van der Waals surface area contributed by atoms with Crippen molar-refractivity contribution in [2.45, 2.75) is 6.92 Å². The second-order valence-corrected chi connectivity index (χ2v) is 4.62. The summed E-state index contributed by atoms with van der Waals surface area (Å²) in [6, 6.07) is 1.36. The molecule has 0 aliphatic carbocycles. The highest BCUT2D eigenvalue weighted by molar-refractivity contribution is 5.62. The molecule has 2 N–H and O–H groups in total. The van der Waals surface area contributed by atoms with Crippen molar-refractivity contribution in [3.63, 3.8) is 0 Å². The lowest BCUT2D eigenvalue weighted by atomic mass is 10.2. The molecule has 1 aromatic rings. The molecule has 0 saturated carbocycles. The molecule has 1 rings (SSSR count). The van der Waals surface area contributed by atoms with E-state index in [2.05, 4.69) is 11.6 Å². The molecule has 1 heterocycles. The van der Waals surface area contributed by atoms with Crippen LogP contribution in [0.15, 0.2) is 54.4 Å². The smallest absolute Gasteiger partial charge is 0.142 e. The van der Waals surface area contributed by atoms with Gasteiger partial charge < -0.3 is 10.6 Å². The molecule has 4 heteroatoms. The van der Waals surface area contributed by atoms with E-state index in [9.17, 15) is 4.39 Å². The highest BCUT2D eigenvalue weighted by Gasteiger charge is 1.98. The molecular weight excluding hydrogens is 253 g/mol. The Morgan fingerprint density at radius 3 is 2.75 bits per heavy atom. The number of rotatable bonds is 5. The van der Waals surface area contributed by atoms with Crippen molar-refractivity contribution in [1.82, 2.24) is 9.88 Å². The third-order valence-electron chi connectivity index (χ3n) is 2.66. The third-order valence-corrected chi connectivity index (χ3v) is 2.66. The Morgan fingerprint density at radius 2 is 2.10 bits per heavy atom. The van der Waals surface area contributed by atoms with Gasteiger partial charge in [-0.2, -0.15) is 0 Å². The van der Waals surface area contributed by atoms with Crippen molar-refractivity contribution < 1.29 is 4.39 Å². The highest BCUT2D eigenvalue weighted by atomic mass is 19.1. The molecule has 0 radical (unpaired) electrons. The molecule has 0 saturated heterocycles. The number of nitrogen functional groups attached to an aromatic ring is 1. The van der Waals surface area contributed by atoms with E-state index >= 15 is 0 Å². The molecule has 0 fully saturated rings. The van der Waals surface area contributed by atoms with E-state index in [4.69, 9.17) is 5.73 Å². The number of halogens is 1. The fraction of sp³-hybridized carbons (Fsp3) is 0.188. The molecule has 0 aromatic carbocycles. The summed E-state index contributed by atoms with van der Waals surface area (Å²) >= 11 is 0. The van der Waals surface area contributed by atoms with Crippen LogP contribution in [0.2, 0.25) is 0 Å². The molecule has 20 heavy (non-hydrogen) atoms. The standard InChI is InChI=1S/C16H20FN3/c1-12(6-5-7-13(2)20(3)4)8-9-14-10-15(17)11-19-16(14)18/h5-11H,2H2,1,3-4H3,(H2,18,19)/b7-5-,9-8+,12-6+. The second kappa shape index (κ2) is 7.28. The van der Waals surface area contributed by atoms with E-state index in [1.54, 1.807) is 6.08 Å². The van der Waals surface area contributed by atoms with Crippen molar-refractivity contribution in [2.75, 3.05) is 19.8 Å². The van der Waals surface area contributed by atoms with E-state index in [0.717, 1.165) is 17.5 Å². The van der Waals surface area contributed by atoms with Crippen LogP contribution < -0.4 is 5.73 Å². The lowest BCUT2D eigenvalue weighted by Gasteiger charge is -2.10. The Kier molecular flexibility index (Phi) is 5.72. The maximum Gasteiger partial charge on any atom is 0.142 e. The van der Waals surface area contributed by atoms with Gasteiger partial charge in [0.15, 0.2) is 0 Å². The van der Waals surface area contributed by atoms with Crippen LogP contribution in [0.25, 0.3) is 6.08 Å². The van der Waals surface area contributed by atoms with Crippen LogP contribution in [0.1, 0.15) is 12.5 Å². The van der Waals surface area contributed by atoms with Crippen LogP contribution in [-0.4, -0.2) is 24.0 Å². The van der Waals surface area contributed by atoms with Crippen LogP contribution >= 0.6 is 0 Å². The van der Waals surface area contributed by atoms with Crippen molar-refractivity contribution in [3.05, 3.63) is 65.8 Å². The van der Waals surface area contributed by atoms with Gasteiger partial charge in [0.05, 0.1) is 6.20 Å². The number of likely N-dealkylation sites (N-methyl/N-ethyl adjacent to an activating group) is 1. The van der Waals surface area contributed by atoms with Crippen molar-refractivity contribution in [3.8, 4) is 0 Å². The zero-order valence-corrected chi connectivity index (χ0v) is 12.1. The number of allylic oxidation sites excluding steroid dienone is 5. The van der Waals surface area contributed by atoms with Gasteiger partial charge >= 0.3 is 0 Å². The maximum atomic E-state index is 13.0. The topological polar surface area (TPSA) is 42.1 Å². The average molecular weight is 273 g/mol. The van der Waals surface area contributed by atoms with Crippen molar-refractivity contribution in [2.24, 2.45) is 0 Å². The molecule has 3 nitrogen and oxygen atoms in total. The summed E-state index contributed by atoms with van der Waals surface area (Å²) in [7, 11) is 3.87. The second-order valence-electron chi connectivity index (χ2n) is 4.62. The minimum atomic E-state index is -0.400. The quantitative estimate of drug-likeness (QED) is 0.836. The van der Waals surface area contributed by atoms with E-state index < -0.39 is 5.82 Å². The van der Waals surface area contributed by atoms with E-state index in [-0.39, 0.29) is 0 Å². The fourth-order valence-corrected chi connectivity index (χ4v) is 1.34. The Hall–Kier alpha value is -2.36. The van der Waals surface area contributed by atoms with Gasteiger partial charge in [0.1, 0.15) is 11.6 Å². The average Bonchev–Trinajstić information content (AvgIpc) is 2.39. The Bertz CT molecular complexity index is 569. The largest absolute Gasteiger partial charge is 0.383 e. The van der Waals surface area contributed by atoms with Gasteiger partial charge in [-0.25, -0.2) is 9.37 Å². The highest BCUT2D eigenvalue weighted by Crippen LogP contribution is 2.13. The van der Waals surface area contributed by atoms with Gasteiger partial charge in [0.25, 0.3) is 0 Å². The van der Waals surface area contributed by atoms with Crippen LogP contribution in [0, 0.1) is 5.82 Å². The molecule has 0 aliphatic heterocycles. The minimum Gasteiger partial charge on any atom is -0.383 e. The molecule has 0 atom stereocenters. The summed E-state index contributed by atoms with van der Waals surface area (Å²) in [4.78, 5) is 5.69. The predicted octanol–water partition coefficient (Wildman–Crippen LogP) is 3.39. The zero-order valence-electron chi connectivity index (χ0n) is 12.1.